The second kappa shape index (κ2) is 5.21. The molecule has 4 heteroatoms. The van der Waals surface area contributed by atoms with Crippen LogP contribution in [0.5, 0.6) is 5.75 Å². The van der Waals surface area contributed by atoms with Crippen LogP contribution in [0.1, 0.15) is 37.2 Å². The van der Waals surface area contributed by atoms with Crippen LogP contribution < -0.4 is 10.5 Å². The molecule has 0 radical (unpaired) electrons. The first-order valence-electron chi connectivity index (χ1n) is 6.67. The first-order valence-corrected chi connectivity index (χ1v) is 7.55. The van der Waals surface area contributed by atoms with Crippen LogP contribution in [-0.4, -0.2) is 12.1 Å². The van der Waals surface area contributed by atoms with Gasteiger partial charge in [-0.2, -0.15) is 0 Å². The second-order valence-electron chi connectivity index (χ2n) is 5.01. The number of methoxy groups -OCH3 is 1. The molecule has 2 aromatic rings. The minimum atomic E-state index is 0.600. The summed E-state index contributed by atoms with van der Waals surface area (Å²) in [6, 6.07) is 6.47. The van der Waals surface area contributed by atoms with Gasteiger partial charge in [0.25, 0.3) is 0 Å². The van der Waals surface area contributed by atoms with Gasteiger partial charge in [-0.05, 0) is 36.5 Å². The highest BCUT2D eigenvalue weighted by Crippen LogP contribution is 2.39. The number of hydrogen-bond donors (Lipinski definition) is 1. The molecule has 0 aliphatic heterocycles. The van der Waals surface area contributed by atoms with Gasteiger partial charge in [0.05, 0.1) is 12.8 Å². The molecule has 1 aromatic heterocycles. The fourth-order valence-corrected chi connectivity index (χ4v) is 3.41. The topological polar surface area (TPSA) is 48.1 Å². The maximum absolute atomic E-state index is 5.73. The second-order valence-corrected chi connectivity index (χ2v) is 5.90. The summed E-state index contributed by atoms with van der Waals surface area (Å²) < 4.78 is 5.45. The summed E-state index contributed by atoms with van der Waals surface area (Å²) in [4.78, 5) is 4.37. The van der Waals surface area contributed by atoms with Crippen LogP contribution in [-0.2, 0) is 0 Å². The summed E-state index contributed by atoms with van der Waals surface area (Å²) in [5.74, 6) is 1.56. The first-order chi connectivity index (χ1) is 9.28. The molecule has 1 aromatic carbocycles. The number of thiazole rings is 1. The Hall–Kier alpha value is -1.55. The van der Waals surface area contributed by atoms with Crippen LogP contribution in [0.3, 0.4) is 0 Å². The Morgan fingerprint density at radius 1 is 1.32 bits per heavy atom. The number of rotatable bonds is 3. The Kier molecular flexibility index (Phi) is 3.42. The number of anilines is 1. The number of ether oxygens (including phenoxy) is 1. The van der Waals surface area contributed by atoms with Crippen molar-refractivity contribution in [3.05, 3.63) is 29.1 Å². The van der Waals surface area contributed by atoms with E-state index in [1.807, 2.05) is 5.38 Å². The Morgan fingerprint density at radius 3 is 2.74 bits per heavy atom. The molecule has 100 valence electrons. The van der Waals surface area contributed by atoms with E-state index in [0.717, 1.165) is 17.0 Å². The molecule has 0 unspecified atom stereocenters. The minimum Gasteiger partial charge on any atom is -0.496 e. The van der Waals surface area contributed by atoms with E-state index < -0.39 is 0 Å². The molecule has 3 rings (SSSR count). The molecule has 1 aliphatic carbocycles. The molecule has 1 saturated carbocycles. The molecule has 0 saturated heterocycles. The third kappa shape index (κ3) is 2.45. The summed E-state index contributed by atoms with van der Waals surface area (Å²) in [5, 5.41) is 2.59. The van der Waals surface area contributed by atoms with E-state index in [9.17, 15) is 0 Å². The Balaban J connectivity index is 2.02. The van der Waals surface area contributed by atoms with E-state index in [-0.39, 0.29) is 0 Å². The monoisotopic (exact) mass is 274 g/mol. The van der Waals surface area contributed by atoms with Crippen molar-refractivity contribution >= 4 is 16.5 Å². The standard InChI is InChI=1S/C15H18N2OS/c1-18-14-7-6-11(10-4-2-3-5-10)8-12(14)13-9-19-15(16)17-13/h6-10H,2-5H2,1H3,(H2,16,17). The van der Waals surface area contributed by atoms with Crippen molar-refractivity contribution in [2.45, 2.75) is 31.6 Å². The van der Waals surface area contributed by atoms with Crippen LogP contribution in [0.25, 0.3) is 11.3 Å². The highest BCUT2D eigenvalue weighted by Gasteiger charge is 2.19. The Bertz CT molecular complexity index is 573. The number of benzene rings is 1. The molecule has 3 nitrogen and oxygen atoms in total. The number of nitrogens with two attached hydrogens (primary N) is 1. The highest BCUT2D eigenvalue weighted by atomic mass is 32.1. The normalized spacial score (nSPS) is 15.8. The average molecular weight is 274 g/mol. The Labute approximate surface area is 117 Å². The van der Waals surface area contributed by atoms with Crippen molar-refractivity contribution in [2.24, 2.45) is 0 Å². The molecule has 19 heavy (non-hydrogen) atoms. The van der Waals surface area contributed by atoms with Crippen LogP contribution in [0.4, 0.5) is 5.13 Å². The van der Waals surface area contributed by atoms with E-state index in [4.69, 9.17) is 10.5 Å². The van der Waals surface area contributed by atoms with Gasteiger partial charge >= 0.3 is 0 Å². The Morgan fingerprint density at radius 2 is 2.11 bits per heavy atom. The lowest BCUT2D eigenvalue weighted by molar-refractivity contribution is 0.416. The van der Waals surface area contributed by atoms with Gasteiger partial charge in [0, 0.05) is 10.9 Å². The van der Waals surface area contributed by atoms with Crippen molar-refractivity contribution in [3.8, 4) is 17.0 Å². The fourth-order valence-electron chi connectivity index (χ4n) is 2.85. The summed E-state index contributed by atoms with van der Waals surface area (Å²) in [6.07, 6.45) is 5.28. The van der Waals surface area contributed by atoms with E-state index >= 15 is 0 Å². The minimum absolute atomic E-state index is 0.600. The van der Waals surface area contributed by atoms with Crippen molar-refractivity contribution < 1.29 is 4.74 Å². The summed E-state index contributed by atoms with van der Waals surface area (Å²) >= 11 is 1.47. The SMILES string of the molecule is COc1ccc(C2CCCC2)cc1-c1csc(N)n1. The largest absolute Gasteiger partial charge is 0.496 e. The van der Waals surface area contributed by atoms with Crippen LogP contribution in [0, 0.1) is 0 Å². The van der Waals surface area contributed by atoms with Gasteiger partial charge in [0.2, 0.25) is 0 Å². The van der Waals surface area contributed by atoms with Gasteiger partial charge in [0.15, 0.2) is 5.13 Å². The zero-order chi connectivity index (χ0) is 13.2. The van der Waals surface area contributed by atoms with Crippen LogP contribution >= 0.6 is 11.3 Å². The third-order valence-corrected chi connectivity index (χ3v) is 4.52. The fraction of sp³-hybridized carbons (Fsp3) is 0.400. The summed E-state index contributed by atoms with van der Waals surface area (Å²) in [7, 11) is 1.70. The summed E-state index contributed by atoms with van der Waals surface area (Å²) in [6.45, 7) is 0. The smallest absolute Gasteiger partial charge is 0.180 e. The van der Waals surface area contributed by atoms with Crippen LogP contribution in [0.2, 0.25) is 0 Å². The van der Waals surface area contributed by atoms with Gasteiger partial charge in [-0.15, -0.1) is 11.3 Å². The van der Waals surface area contributed by atoms with Crippen molar-refractivity contribution in [1.82, 2.24) is 4.98 Å². The zero-order valence-electron chi connectivity index (χ0n) is 11.1. The van der Waals surface area contributed by atoms with Crippen molar-refractivity contribution in [3.63, 3.8) is 0 Å². The molecular formula is C15H18N2OS. The number of aromatic nitrogens is 1. The van der Waals surface area contributed by atoms with Gasteiger partial charge < -0.3 is 10.5 Å². The number of hydrogen-bond acceptors (Lipinski definition) is 4. The first kappa shape index (κ1) is 12.5. The van der Waals surface area contributed by atoms with Gasteiger partial charge in [-0.3, -0.25) is 0 Å². The average Bonchev–Trinajstić information content (AvgIpc) is 3.09. The summed E-state index contributed by atoms with van der Waals surface area (Å²) in [5.41, 5.74) is 9.11. The highest BCUT2D eigenvalue weighted by molar-refractivity contribution is 7.13. The van der Waals surface area contributed by atoms with Crippen molar-refractivity contribution in [2.75, 3.05) is 12.8 Å². The van der Waals surface area contributed by atoms with E-state index in [0.29, 0.717) is 11.0 Å². The van der Waals surface area contributed by atoms with Gasteiger partial charge in [-0.1, -0.05) is 18.9 Å². The quantitative estimate of drug-likeness (QED) is 0.918. The molecule has 0 bridgehead atoms. The number of nitrogens with zero attached hydrogens (tertiary/aromatic N) is 1. The molecule has 1 fully saturated rings. The lowest BCUT2D eigenvalue weighted by Gasteiger charge is -2.13. The van der Waals surface area contributed by atoms with Crippen molar-refractivity contribution in [1.29, 1.82) is 0 Å². The molecule has 1 aliphatic rings. The lowest BCUT2D eigenvalue weighted by Crippen LogP contribution is -1.95. The van der Waals surface area contributed by atoms with Gasteiger partial charge in [-0.25, -0.2) is 4.98 Å². The molecule has 0 spiro atoms. The molecule has 0 atom stereocenters. The van der Waals surface area contributed by atoms with E-state index in [2.05, 4.69) is 23.2 Å². The lowest BCUT2D eigenvalue weighted by atomic mass is 9.95. The molecular weight excluding hydrogens is 256 g/mol. The number of nitrogen functional groups attached to an aromatic ring is 1. The molecule has 2 N–H and O–H groups in total. The third-order valence-electron chi connectivity index (χ3n) is 3.85. The zero-order valence-corrected chi connectivity index (χ0v) is 11.9. The van der Waals surface area contributed by atoms with E-state index in [1.54, 1.807) is 7.11 Å². The predicted octanol–water partition coefficient (Wildman–Crippen LogP) is 4.06. The van der Waals surface area contributed by atoms with E-state index in [1.165, 1.54) is 42.6 Å². The molecule has 0 amide bonds. The van der Waals surface area contributed by atoms with Crippen LogP contribution in [0.15, 0.2) is 23.6 Å². The maximum Gasteiger partial charge on any atom is 0.180 e. The molecule has 1 heterocycles. The van der Waals surface area contributed by atoms with Gasteiger partial charge in [0.1, 0.15) is 5.75 Å². The predicted molar refractivity (Wildman–Crippen MR) is 79.7 cm³/mol. The maximum atomic E-state index is 5.73.